The summed E-state index contributed by atoms with van der Waals surface area (Å²) < 4.78 is 7.44. The first-order chi connectivity index (χ1) is 11.4. The lowest BCUT2D eigenvalue weighted by Crippen LogP contribution is -2.44. The van der Waals surface area contributed by atoms with E-state index in [1.165, 1.54) is 0 Å². The highest BCUT2D eigenvalue weighted by atomic mass is 16.6. The average Bonchev–Trinajstić information content (AvgIpc) is 2.92. The number of morpholine rings is 1. The van der Waals surface area contributed by atoms with Crippen LogP contribution in [0.5, 0.6) is 0 Å². The molecule has 1 aliphatic rings. The maximum atomic E-state index is 11.3. The number of rotatable bonds is 4. The molecule has 1 aliphatic heterocycles. The molecule has 0 bridgehead atoms. The minimum atomic E-state index is -0.339. The lowest BCUT2D eigenvalue weighted by molar-refractivity contribution is -0.384. The summed E-state index contributed by atoms with van der Waals surface area (Å²) in [5.41, 5.74) is 2.75. The van der Waals surface area contributed by atoms with Crippen molar-refractivity contribution in [2.24, 2.45) is 7.05 Å². The van der Waals surface area contributed by atoms with Gasteiger partial charge >= 0.3 is 0 Å². The van der Waals surface area contributed by atoms with Gasteiger partial charge in [-0.25, -0.2) is 0 Å². The van der Waals surface area contributed by atoms with Crippen LogP contribution in [-0.4, -0.2) is 44.9 Å². The lowest BCUT2D eigenvalue weighted by atomic mass is 10.0. The van der Waals surface area contributed by atoms with Gasteiger partial charge in [0.25, 0.3) is 5.69 Å². The van der Waals surface area contributed by atoms with E-state index in [0.717, 1.165) is 29.8 Å². The third-order valence-corrected chi connectivity index (χ3v) is 4.13. The molecular weight excluding hydrogens is 308 g/mol. The molecule has 3 rings (SSSR count). The molecule has 1 aromatic heterocycles. The number of nitro groups is 1. The van der Waals surface area contributed by atoms with E-state index in [1.807, 2.05) is 19.3 Å². The predicted molar refractivity (Wildman–Crippen MR) is 90.6 cm³/mol. The summed E-state index contributed by atoms with van der Waals surface area (Å²) in [5.74, 6) is 0. The summed E-state index contributed by atoms with van der Waals surface area (Å²) in [5, 5.41) is 15.4. The zero-order chi connectivity index (χ0) is 17.3. The molecule has 1 fully saturated rings. The number of nitrogens with zero attached hydrogens (tertiary/aromatic N) is 4. The van der Waals surface area contributed by atoms with Crippen LogP contribution in [-0.2, 0) is 18.3 Å². The molecule has 2 heterocycles. The van der Waals surface area contributed by atoms with Crippen molar-refractivity contribution in [1.82, 2.24) is 14.7 Å². The van der Waals surface area contributed by atoms with Crippen molar-refractivity contribution in [3.05, 3.63) is 46.3 Å². The van der Waals surface area contributed by atoms with E-state index in [0.29, 0.717) is 6.54 Å². The van der Waals surface area contributed by atoms with Crippen molar-refractivity contribution >= 4 is 5.69 Å². The number of nitro benzene ring substituents is 1. The third kappa shape index (κ3) is 3.80. The minimum absolute atomic E-state index is 0.112. The van der Waals surface area contributed by atoms with Gasteiger partial charge in [-0.05, 0) is 31.0 Å². The largest absolute Gasteiger partial charge is 0.373 e. The Balaban J connectivity index is 1.89. The number of benzene rings is 1. The summed E-state index contributed by atoms with van der Waals surface area (Å²) in [7, 11) is 1.83. The van der Waals surface area contributed by atoms with Crippen LogP contribution in [0.15, 0.2) is 30.6 Å². The Kier molecular flexibility index (Phi) is 4.64. The molecule has 1 aromatic carbocycles. The van der Waals surface area contributed by atoms with Crippen molar-refractivity contribution in [2.45, 2.75) is 32.6 Å². The highest BCUT2D eigenvalue weighted by Gasteiger charge is 2.23. The second-order valence-corrected chi connectivity index (χ2v) is 6.50. The van der Waals surface area contributed by atoms with Gasteiger partial charge in [0.1, 0.15) is 0 Å². The smallest absolute Gasteiger partial charge is 0.270 e. The van der Waals surface area contributed by atoms with Crippen LogP contribution in [0.1, 0.15) is 19.4 Å². The van der Waals surface area contributed by atoms with E-state index in [9.17, 15) is 10.1 Å². The number of ether oxygens (including phenoxy) is 1. The van der Waals surface area contributed by atoms with Crippen molar-refractivity contribution < 1.29 is 9.66 Å². The fourth-order valence-corrected chi connectivity index (χ4v) is 3.28. The number of hydrogen-bond donors (Lipinski definition) is 0. The molecule has 128 valence electrons. The second-order valence-electron chi connectivity index (χ2n) is 6.50. The molecule has 0 amide bonds. The highest BCUT2D eigenvalue weighted by molar-refractivity contribution is 5.66. The summed E-state index contributed by atoms with van der Waals surface area (Å²) in [6.07, 6.45) is 3.93. The zero-order valence-corrected chi connectivity index (χ0v) is 14.2. The summed E-state index contributed by atoms with van der Waals surface area (Å²) in [6, 6.07) is 5.27. The van der Waals surface area contributed by atoms with E-state index < -0.39 is 0 Å². The number of aromatic nitrogens is 2. The monoisotopic (exact) mass is 330 g/mol. The number of non-ortho nitro benzene ring substituents is 1. The fourth-order valence-electron chi connectivity index (χ4n) is 3.28. The Morgan fingerprint density at radius 3 is 2.54 bits per heavy atom. The topological polar surface area (TPSA) is 73.4 Å². The second kappa shape index (κ2) is 6.70. The van der Waals surface area contributed by atoms with Gasteiger partial charge in [0.15, 0.2) is 0 Å². The quantitative estimate of drug-likeness (QED) is 0.636. The Bertz CT molecular complexity index is 733. The lowest BCUT2D eigenvalue weighted by Gasteiger charge is -2.35. The van der Waals surface area contributed by atoms with Crippen molar-refractivity contribution in [3.8, 4) is 11.1 Å². The molecule has 1 saturated heterocycles. The van der Waals surface area contributed by atoms with Gasteiger partial charge in [-0.15, -0.1) is 0 Å². The highest BCUT2D eigenvalue weighted by Crippen LogP contribution is 2.27. The molecule has 2 atom stereocenters. The summed E-state index contributed by atoms with van der Waals surface area (Å²) in [6.45, 7) is 6.44. The normalized spacial score (nSPS) is 21.8. The van der Waals surface area contributed by atoms with Gasteiger partial charge in [-0.1, -0.05) is 0 Å². The van der Waals surface area contributed by atoms with Crippen molar-refractivity contribution in [3.63, 3.8) is 0 Å². The average molecular weight is 330 g/mol. The molecule has 0 saturated carbocycles. The Labute approximate surface area is 141 Å². The van der Waals surface area contributed by atoms with Crippen LogP contribution in [0.4, 0.5) is 5.69 Å². The van der Waals surface area contributed by atoms with Gasteiger partial charge < -0.3 is 4.74 Å². The molecule has 0 spiro atoms. The van der Waals surface area contributed by atoms with Crippen molar-refractivity contribution in [1.29, 1.82) is 0 Å². The molecule has 0 aliphatic carbocycles. The Hall–Kier alpha value is -2.25. The molecule has 7 nitrogen and oxygen atoms in total. The molecule has 7 heteroatoms. The summed E-state index contributed by atoms with van der Waals surface area (Å²) >= 11 is 0. The van der Waals surface area contributed by atoms with E-state index in [1.54, 1.807) is 23.0 Å². The SMILES string of the molecule is CC1CN(Cc2cc(-c3cnn(C)c3)cc([N+](=O)[O-])c2)CC(C)O1. The number of aryl methyl sites for hydroxylation is 1. The third-order valence-electron chi connectivity index (χ3n) is 4.13. The van der Waals surface area contributed by atoms with Crippen LogP contribution in [0.3, 0.4) is 0 Å². The Morgan fingerprint density at radius 1 is 1.25 bits per heavy atom. The van der Waals surface area contributed by atoms with Crippen LogP contribution < -0.4 is 0 Å². The van der Waals surface area contributed by atoms with Crippen LogP contribution in [0.2, 0.25) is 0 Å². The first-order valence-corrected chi connectivity index (χ1v) is 8.06. The first kappa shape index (κ1) is 16.6. The van der Waals surface area contributed by atoms with Gasteiger partial charge in [0.05, 0.1) is 23.3 Å². The van der Waals surface area contributed by atoms with E-state index >= 15 is 0 Å². The van der Waals surface area contributed by atoms with E-state index in [-0.39, 0.29) is 22.8 Å². The Morgan fingerprint density at radius 2 is 1.96 bits per heavy atom. The fraction of sp³-hybridized carbons (Fsp3) is 0.471. The van der Waals surface area contributed by atoms with Crippen LogP contribution in [0, 0.1) is 10.1 Å². The molecule has 24 heavy (non-hydrogen) atoms. The molecule has 0 N–H and O–H groups in total. The standard InChI is InChI=1S/C17H22N4O3/c1-12-8-20(9-13(2)24-12)10-14-4-15(6-17(5-14)21(22)23)16-7-18-19(3)11-16/h4-7,11-13H,8-10H2,1-3H3. The van der Waals surface area contributed by atoms with E-state index in [4.69, 9.17) is 4.74 Å². The summed E-state index contributed by atoms with van der Waals surface area (Å²) in [4.78, 5) is 13.2. The van der Waals surface area contributed by atoms with Crippen LogP contribution >= 0.6 is 0 Å². The van der Waals surface area contributed by atoms with Gasteiger partial charge in [-0.2, -0.15) is 5.10 Å². The molecule has 2 unspecified atom stereocenters. The predicted octanol–water partition coefficient (Wildman–Crippen LogP) is 2.60. The molecule has 0 radical (unpaired) electrons. The molecule has 2 aromatic rings. The van der Waals surface area contributed by atoms with Gasteiger partial charge in [-0.3, -0.25) is 19.7 Å². The number of hydrogen-bond acceptors (Lipinski definition) is 5. The van der Waals surface area contributed by atoms with E-state index in [2.05, 4.69) is 23.8 Å². The zero-order valence-electron chi connectivity index (χ0n) is 14.2. The first-order valence-electron chi connectivity index (χ1n) is 8.06. The molecular formula is C17H22N4O3. The van der Waals surface area contributed by atoms with Crippen molar-refractivity contribution in [2.75, 3.05) is 13.1 Å². The maximum absolute atomic E-state index is 11.3. The minimum Gasteiger partial charge on any atom is -0.373 e. The maximum Gasteiger partial charge on any atom is 0.270 e. The van der Waals surface area contributed by atoms with Gasteiger partial charge in [0, 0.05) is 50.6 Å². The van der Waals surface area contributed by atoms with Crippen LogP contribution in [0.25, 0.3) is 11.1 Å². The van der Waals surface area contributed by atoms with Gasteiger partial charge in [0.2, 0.25) is 0 Å².